The van der Waals surface area contributed by atoms with Crippen molar-refractivity contribution in [2.75, 3.05) is 13.1 Å². The summed E-state index contributed by atoms with van der Waals surface area (Å²) in [4.78, 5) is 26.8. The fourth-order valence-electron chi connectivity index (χ4n) is 2.85. The van der Waals surface area contributed by atoms with Gasteiger partial charge in [-0.05, 0) is 31.9 Å². The average molecular weight is 270 g/mol. The molecule has 1 aromatic heterocycles. The number of hydrogen-bond acceptors (Lipinski definition) is 2. The van der Waals surface area contributed by atoms with E-state index in [0.29, 0.717) is 10.9 Å². The minimum Gasteiger partial charge on any atom is -0.347 e. The smallest absolute Gasteiger partial charge is 0.259 e. The number of likely N-dealkylation sites (tertiary alicyclic amines) is 1. The van der Waals surface area contributed by atoms with Gasteiger partial charge in [-0.15, -0.1) is 0 Å². The normalized spacial score (nSPS) is 14.9. The van der Waals surface area contributed by atoms with E-state index in [9.17, 15) is 9.59 Å². The Kier molecular flexibility index (Phi) is 3.30. The Morgan fingerprint density at radius 1 is 1.20 bits per heavy atom. The summed E-state index contributed by atoms with van der Waals surface area (Å²) in [5, 5.41) is 0.624. The maximum absolute atomic E-state index is 12.5. The molecule has 0 N–H and O–H groups in total. The van der Waals surface area contributed by atoms with Crippen LogP contribution >= 0.6 is 0 Å². The summed E-state index contributed by atoms with van der Waals surface area (Å²) in [6, 6.07) is 7.47. The molecular weight excluding hydrogens is 252 g/mol. The molecule has 0 aliphatic carbocycles. The van der Waals surface area contributed by atoms with E-state index >= 15 is 0 Å². The van der Waals surface area contributed by atoms with Crippen molar-refractivity contribution in [3.05, 3.63) is 46.2 Å². The summed E-state index contributed by atoms with van der Waals surface area (Å²) in [5.41, 5.74) is 1.03. The van der Waals surface area contributed by atoms with Gasteiger partial charge in [0.15, 0.2) is 0 Å². The summed E-state index contributed by atoms with van der Waals surface area (Å²) in [7, 11) is 0. The molecule has 0 bridgehead atoms. The topological polar surface area (TPSA) is 42.3 Å². The number of hydrogen-bond donors (Lipinski definition) is 0. The first kappa shape index (κ1) is 12.9. The number of nitrogens with zero attached hydrogens (tertiary/aromatic N) is 2. The Balaban J connectivity index is 2.18. The molecule has 20 heavy (non-hydrogen) atoms. The first-order chi connectivity index (χ1) is 9.72. The van der Waals surface area contributed by atoms with E-state index in [-0.39, 0.29) is 11.3 Å². The van der Waals surface area contributed by atoms with Gasteiger partial charge < -0.3 is 9.47 Å². The summed E-state index contributed by atoms with van der Waals surface area (Å²) in [6.07, 6.45) is 3.77. The van der Waals surface area contributed by atoms with Crippen molar-refractivity contribution in [3.63, 3.8) is 0 Å². The van der Waals surface area contributed by atoms with Gasteiger partial charge >= 0.3 is 0 Å². The second kappa shape index (κ2) is 5.12. The van der Waals surface area contributed by atoms with Crippen LogP contribution in [0.15, 0.2) is 35.3 Å². The zero-order chi connectivity index (χ0) is 14.1. The molecule has 2 heterocycles. The Hall–Kier alpha value is -2.10. The standard InChI is InChI=1S/C16H18N2O2/c1-2-17-11-13(16(20)18-9-5-6-10-18)15(19)12-7-3-4-8-14(12)17/h3-4,7-8,11H,2,5-6,9-10H2,1H3. The fraction of sp³-hybridized carbons (Fsp3) is 0.375. The van der Waals surface area contributed by atoms with Gasteiger partial charge in [-0.25, -0.2) is 0 Å². The Morgan fingerprint density at radius 3 is 2.60 bits per heavy atom. The number of carbonyl (C=O) groups excluding carboxylic acids is 1. The minimum absolute atomic E-state index is 0.125. The van der Waals surface area contributed by atoms with E-state index in [1.54, 1.807) is 17.2 Å². The van der Waals surface area contributed by atoms with E-state index in [1.807, 2.05) is 29.7 Å². The number of carbonyl (C=O) groups is 1. The molecule has 2 aromatic rings. The number of benzene rings is 1. The molecule has 0 spiro atoms. The first-order valence-corrected chi connectivity index (χ1v) is 7.14. The van der Waals surface area contributed by atoms with Crippen molar-refractivity contribution in [1.29, 1.82) is 0 Å². The molecule has 1 amide bonds. The largest absolute Gasteiger partial charge is 0.347 e. The number of pyridine rings is 1. The lowest BCUT2D eigenvalue weighted by Gasteiger charge is -2.17. The molecule has 4 nitrogen and oxygen atoms in total. The van der Waals surface area contributed by atoms with E-state index in [0.717, 1.165) is 38.0 Å². The SMILES string of the molecule is CCn1cc(C(=O)N2CCCC2)c(=O)c2ccccc21. The zero-order valence-electron chi connectivity index (χ0n) is 11.6. The van der Waals surface area contributed by atoms with E-state index < -0.39 is 0 Å². The van der Waals surface area contributed by atoms with Crippen LogP contribution in [0.4, 0.5) is 0 Å². The third-order valence-corrected chi connectivity index (χ3v) is 3.95. The van der Waals surface area contributed by atoms with Gasteiger partial charge in [0.25, 0.3) is 5.91 Å². The fourth-order valence-corrected chi connectivity index (χ4v) is 2.85. The van der Waals surface area contributed by atoms with Gasteiger partial charge in [-0.1, -0.05) is 12.1 Å². The highest BCUT2D eigenvalue weighted by molar-refractivity contribution is 5.97. The molecule has 0 radical (unpaired) electrons. The van der Waals surface area contributed by atoms with Crippen LogP contribution in [0.25, 0.3) is 10.9 Å². The van der Waals surface area contributed by atoms with E-state index in [2.05, 4.69) is 0 Å². The maximum Gasteiger partial charge on any atom is 0.259 e. The van der Waals surface area contributed by atoms with Crippen LogP contribution in [0.1, 0.15) is 30.1 Å². The van der Waals surface area contributed by atoms with Gasteiger partial charge in [0.05, 0.1) is 5.52 Å². The van der Waals surface area contributed by atoms with Crippen molar-refractivity contribution >= 4 is 16.8 Å². The molecule has 4 heteroatoms. The van der Waals surface area contributed by atoms with Crippen molar-refractivity contribution in [2.45, 2.75) is 26.3 Å². The minimum atomic E-state index is -0.151. The second-order valence-corrected chi connectivity index (χ2v) is 5.17. The van der Waals surface area contributed by atoms with Crippen LogP contribution in [-0.4, -0.2) is 28.5 Å². The van der Waals surface area contributed by atoms with E-state index in [1.165, 1.54) is 0 Å². The van der Waals surface area contributed by atoms with E-state index in [4.69, 9.17) is 0 Å². The van der Waals surface area contributed by atoms with Crippen LogP contribution in [0.5, 0.6) is 0 Å². The number of aromatic nitrogens is 1. The molecule has 0 unspecified atom stereocenters. The van der Waals surface area contributed by atoms with Crippen LogP contribution in [0.2, 0.25) is 0 Å². The summed E-state index contributed by atoms with van der Waals surface area (Å²) in [6.45, 7) is 4.27. The van der Waals surface area contributed by atoms with Crippen molar-refractivity contribution < 1.29 is 4.79 Å². The average Bonchev–Trinajstić information content (AvgIpc) is 3.01. The molecule has 1 fully saturated rings. The first-order valence-electron chi connectivity index (χ1n) is 7.14. The summed E-state index contributed by atoms with van der Waals surface area (Å²) >= 11 is 0. The maximum atomic E-state index is 12.5. The van der Waals surface area contributed by atoms with Gasteiger partial charge in [-0.2, -0.15) is 0 Å². The molecule has 1 aromatic carbocycles. The number of para-hydroxylation sites is 1. The number of amides is 1. The zero-order valence-corrected chi connectivity index (χ0v) is 11.6. The highest BCUT2D eigenvalue weighted by Crippen LogP contribution is 2.15. The molecule has 104 valence electrons. The van der Waals surface area contributed by atoms with Gasteiger partial charge in [-0.3, -0.25) is 9.59 Å². The van der Waals surface area contributed by atoms with Crippen molar-refractivity contribution in [3.8, 4) is 0 Å². The van der Waals surface area contributed by atoms with Crippen molar-refractivity contribution in [1.82, 2.24) is 9.47 Å². The molecule has 1 saturated heterocycles. The molecular formula is C16H18N2O2. The molecule has 0 atom stereocenters. The highest BCUT2D eigenvalue weighted by Gasteiger charge is 2.23. The quantitative estimate of drug-likeness (QED) is 0.840. The highest BCUT2D eigenvalue weighted by atomic mass is 16.2. The Bertz CT molecular complexity index is 712. The number of aryl methyl sites for hydroxylation is 1. The van der Waals surface area contributed by atoms with Gasteiger partial charge in [0.1, 0.15) is 5.56 Å². The lowest BCUT2D eigenvalue weighted by atomic mass is 10.1. The Labute approximate surface area is 117 Å². The lowest BCUT2D eigenvalue weighted by molar-refractivity contribution is 0.0791. The van der Waals surface area contributed by atoms with Gasteiger partial charge in [0.2, 0.25) is 5.43 Å². The Morgan fingerprint density at radius 2 is 1.90 bits per heavy atom. The summed E-state index contributed by atoms with van der Waals surface area (Å²) < 4.78 is 1.97. The monoisotopic (exact) mass is 270 g/mol. The molecule has 3 rings (SSSR count). The number of rotatable bonds is 2. The second-order valence-electron chi connectivity index (χ2n) is 5.17. The predicted octanol–water partition coefficient (Wildman–Crippen LogP) is 2.26. The van der Waals surface area contributed by atoms with Crippen molar-refractivity contribution in [2.24, 2.45) is 0 Å². The molecule has 1 aliphatic heterocycles. The van der Waals surface area contributed by atoms with Gasteiger partial charge in [0, 0.05) is 31.2 Å². The molecule has 1 aliphatic rings. The van der Waals surface area contributed by atoms with Crippen LogP contribution in [0.3, 0.4) is 0 Å². The number of fused-ring (bicyclic) bond motifs is 1. The van der Waals surface area contributed by atoms with Crippen LogP contribution in [0, 0.1) is 0 Å². The van der Waals surface area contributed by atoms with Crippen LogP contribution in [-0.2, 0) is 6.54 Å². The molecule has 0 saturated carbocycles. The van der Waals surface area contributed by atoms with Crippen LogP contribution < -0.4 is 5.43 Å². The third-order valence-electron chi connectivity index (χ3n) is 3.95. The third kappa shape index (κ3) is 2.01. The predicted molar refractivity (Wildman–Crippen MR) is 79.0 cm³/mol. The summed E-state index contributed by atoms with van der Waals surface area (Å²) in [5.74, 6) is -0.125. The lowest BCUT2D eigenvalue weighted by Crippen LogP contribution is -2.32.